The molecule has 0 unspecified atom stereocenters. The van der Waals surface area contributed by atoms with E-state index in [9.17, 15) is 4.79 Å². The van der Waals surface area contributed by atoms with Crippen LogP contribution in [0.25, 0.3) is 0 Å². The molecule has 1 amide bonds. The second kappa shape index (κ2) is 8.20. The number of hydrogen-bond donors (Lipinski definition) is 2. The molecule has 2 aliphatic rings. The van der Waals surface area contributed by atoms with E-state index in [2.05, 4.69) is 17.6 Å². The topological polar surface area (TPSA) is 44.4 Å². The van der Waals surface area contributed by atoms with Crippen LogP contribution in [0.3, 0.4) is 0 Å². The molecule has 2 fully saturated rings. The summed E-state index contributed by atoms with van der Waals surface area (Å²) < 4.78 is 0. The molecule has 0 aliphatic carbocycles. The highest BCUT2D eigenvalue weighted by molar-refractivity contribution is 5.86. The minimum Gasteiger partial charge on any atom is -0.339 e. The van der Waals surface area contributed by atoms with Crippen LogP contribution < -0.4 is 10.6 Å². The zero-order valence-corrected chi connectivity index (χ0v) is 12.7. The Kier molecular flexibility index (Phi) is 8.19. The molecule has 0 saturated carbocycles. The summed E-state index contributed by atoms with van der Waals surface area (Å²) in [5.74, 6) is 0.330. The second-order valence-electron chi connectivity index (χ2n) is 4.86. The highest BCUT2D eigenvalue weighted by atomic mass is 35.5. The van der Waals surface area contributed by atoms with Crippen LogP contribution in [0.5, 0.6) is 0 Å². The summed E-state index contributed by atoms with van der Waals surface area (Å²) in [6.07, 6.45) is 4.30. The minimum absolute atomic E-state index is 0. The number of amides is 1. The van der Waals surface area contributed by atoms with E-state index in [1.54, 1.807) is 0 Å². The van der Waals surface area contributed by atoms with E-state index in [4.69, 9.17) is 0 Å². The van der Waals surface area contributed by atoms with E-state index in [0.717, 1.165) is 45.6 Å². The predicted molar refractivity (Wildman–Crippen MR) is 78.8 cm³/mol. The van der Waals surface area contributed by atoms with Crippen LogP contribution in [0, 0.1) is 0 Å². The number of piperazine rings is 1. The van der Waals surface area contributed by atoms with Crippen LogP contribution in [-0.4, -0.2) is 49.1 Å². The van der Waals surface area contributed by atoms with Gasteiger partial charge in [0.15, 0.2) is 0 Å². The molecule has 1 atom stereocenters. The molecule has 0 aromatic rings. The lowest BCUT2D eigenvalue weighted by molar-refractivity contribution is -0.140. The standard InChI is InChI=1S/C12H23N3O.2ClH/c1-2-12(5-3-4-6-14-12)11(16)15-9-7-13-8-10-15;;/h13-14H,2-10H2,1H3;2*1H/t12-;;/m0../s1. The van der Waals surface area contributed by atoms with Crippen molar-refractivity contribution in [3.8, 4) is 0 Å². The fourth-order valence-electron chi connectivity index (χ4n) is 2.77. The number of piperidine rings is 1. The van der Waals surface area contributed by atoms with Crippen molar-refractivity contribution in [3.63, 3.8) is 0 Å². The predicted octanol–water partition coefficient (Wildman–Crippen LogP) is 1.18. The van der Waals surface area contributed by atoms with Crippen LogP contribution in [0.4, 0.5) is 0 Å². The van der Waals surface area contributed by atoms with Gasteiger partial charge in [-0.15, -0.1) is 24.8 Å². The van der Waals surface area contributed by atoms with Gasteiger partial charge in [0.25, 0.3) is 0 Å². The SMILES string of the molecule is CC[C@@]1(C(=O)N2CCNCC2)CCCCN1.Cl.Cl. The average Bonchev–Trinajstić information content (AvgIpc) is 2.39. The molecular weight excluding hydrogens is 273 g/mol. The van der Waals surface area contributed by atoms with Gasteiger partial charge in [-0.3, -0.25) is 4.79 Å². The maximum absolute atomic E-state index is 12.5. The molecule has 4 nitrogen and oxygen atoms in total. The highest BCUT2D eigenvalue weighted by Gasteiger charge is 2.40. The van der Waals surface area contributed by atoms with Gasteiger partial charge in [-0.05, 0) is 32.2 Å². The van der Waals surface area contributed by atoms with E-state index in [-0.39, 0.29) is 30.4 Å². The number of nitrogens with zero attached hydrogens (tertiary/aromatic N) is 1. The van der Waals surface area contributed by atoms with Gasteiger partial charge < -0.3 is 15.5 Å². The van der Waals surface area contributed by atoms with Gasteiger partial charge in [0.05, 0.1) is 5.54 Å². The Balaban J connectivity index is 0.00000144. The summed E-state index contributed by atoms with van der Waals surface area (Å²) in [6, 6.07) is 0. The first-order chi connectivity index (χ1) is 7.78. The lowest BCUT2D eigenvalue weighted by atomic mass is 9.85. The molecule has 0 bridgehead atoms. The molecule has 18 heavy (non-hydrogen) atoms. The molecule has 0 aromatic heterocycles. The normalized spacial score (nSPS) is 27.9. The van der Waals surface area contributed by atoms with Gasteiger partial charge in [0, 0.05) is 26.2 Å². The molecule has 2 aliphatic heterocycles. The van der Waals surface area contributed by atoms with Crippen LogP contribution in [-0.2, 0) is 4.79 Å². The minimum atomic E-state index is -0.254. The smallest absolute Gasteiger partial charge is 0.242 e. The van der Waals surface area contributed by atoms with Gasteiger partial charge >= 0.3 is 0 Å². The van der Waals surface area contributed by atoms with Crippen molar-refractivity contribution in [1.29, 1.82) is 0 Å². The highest BCUT2D eigenvalue weighted by Crippen LogP contribution is 2.25. The Morgan fingerprint density at radius 2 is 1.83 bits per heavy atom. The van der Waals surface area contributed by atoms with E-state index in [1.165, 1.54) is 12.8 Å². The monoisotopic (exact) mass is 297 g/mol. The van der Waals surface area contributed by atoms with Crippen molar-refractivity contribution >= 4 is 30.7 Å². The Bertz CT molecular complexity index is 252. The largest absolute Gasteiger partial charge is 0.339 e. The average molecular weight is 298 g/mol. The molecule has 6 heteroatoms. The Labute approximate surface area is 122 Å². The van der Waals surface area contributed by atoms with Crippen molar-refractivity contribution < 1.29 is 4.79 Å². The van der Waals surface area contributed by atoms with Crippen LogP contribution in [0.15, 0.2) is 0 Å². The summed E-state index contributed by atoms with van der Waals surface area (Å²) in [5.41, 5.74) is -0.254. The third kappa shape index (κ3) is 3.73. The Hall–Kier alpha value is -0.0300. The van der Waals surface area contributed by atoms with Crippen LogP contribution >= 0.6 is 24.8 Å². The van der Waals surface area contributed by atoms with Gasteiger partial charge in [0.1, 0.15) is 0 Å². The molecule has 0 aromatic carbocycles. The fourth-order valence-corrected chi connectivity index (χ4v) is 2.77. The maximum atomic E-state index is 12.5. The third-order valence-corrected chi connectivity index (χ3v) is 3.91. The van der Waals surface area contributed by atoms with Crippen molar-refractivity contribution in [2.75, 3.05) is 32.7 Å². The molecule has 2 rings (SSSR count). The van der Waals surface area contributed by atoms with Gasteiger partial charge in [-0.2, -0.15) is 0 Å². The van der Waals surface area contributed by atoms with Crippen LogP contribution in [0.2, 0.25) is 0 Å². The lowest BCUT2D eigenvalue weighted by Crippen LogP contribution is -2.62. The molecule has 0 radical (unpaired) electrons. The first-order valence-electron chi connectivity index (χ1n) is 6.54. The maximum Gasteiger partial charge on any atom is 0.242 e. The van der Waals surface area contributed by atoms with E-state index in [0.29, 0.717) is 5.91 Å². The zero-order chi connectivity index (χ0) is 11.4. The Morgan fingerprint density at radius 1 is 1.17 bits per heavy atom. The summed E-state index contributed by atoms with van der Waals surface area (Å²) in [4.78, 5) is 14.6. The van der Waals surface area contributed by atoms with Crippen molar-refractivity contribution in [3.05, 3.63) is 0 Å². The first kappa shape index (κ1) is 18.0. The molecular formula is C12H25Cl2N3O. The molecule has 2 heterocycles. The lowest BCUT2D eigenvalue weighted by Gasteiger charge is -2.41. The molecule has 108 valence electrons. The number of halogens is 2. The first-order valence-corrected chi connectivity index (χ1v) is 6.54. The van der Waals surface area contributed by atoms with E-state index < -0.39 is 0 Å². The quantitative estimate of drug-likeness (QED) is 0.805. The number of nitrogens with one attached hydrogen (secondary N) is 2. The van der Waals surface area contributed by atoms with Crippen molar-refractivity contribution in [2.45, 2.75) is 38.1 Å². The summed E-state index contributed by atoms with van der Waals surface area (Å²) in [5, 5.41) is 6.76. The van der Waals surface area contributed by atoms with Gasteiger partial charge in [0.2, 0.25) is 5.91 Å². The van der Waals surface area contributed by atoms with Gasteiger partial charge in [-0.1, -0.05) is 6.92 Å². The summed E-state index contributed by atoms with van der Waals surface area (Å²) >= 11 is 0. The number of rotatable bonds is 2. The third-order valence-electron chi connectivity index (χ3n) is 3.91. The fraction of sp³-hybridized carbons (Fsp3) is 0.917. The summed E-state index contributed by atoms with van der Waals surface area (Å²) in [7, 11) is 0. The number of carbonyl (C=O) groups excluding carboxylic acids is 1. The number of carbonyl (C=O) groups is 1. The number of hydrogen-bond acceptors (Lipinski definition) is 3. The van der Waals surface area contributed by atoms with E-state index in [1.807, 2.05) is 4.90 Å². The summed E-state index contributed by atoms with van der Waals surface area (Å²) in [6.45, 7) is 6.71. The zero-order valence-electron chi connectivity index (χ0n) is 11.0. The Morgan fingerprint density at radius 3 is 2.33 bits per heavy atom. The van der Waals surface area contributed by atoms with Crippen LogP contribution in [0.1, 0.15) is 32.6 Å². The second-order valence-corrected chi connectivity index (χ2v) is 4.86. The van der Waals surface area contributed by atoms with Crippen molar-refractivity contribution in [2.24, 2.45) is 0 Å². The molecule has 0 spiro atoms. The molecule has 2 N–H and O–H groups in total. The molecule has 2 saturated heterocycles. The van der Waals surface area contributed by atoms with E-state index >= 15 is 0 Å². The van der Waals surface area contributed by atoms with Gasteiger partial charge in [-0.25, -0.2) is 0 Å². The van der Waals surface area contributed by atoms with Crippen molar-refractivity contribution in [1.82, 2.24) is 15.5 Å².